The first-order valence-electron chi connectivity index (χ1n) is 6.35. The molecular weight excluding hydrogens is 310 g/mol. The van der Waals surface area contributed by atoms with E-state index in [-0.39, 0.29) is 11.4 Å². The number of rotatable bonds is 6. The van der Waals surface area contributed by atoms with Crippen molar-refractivity contribution < 1.29 is 13.2 Å². The summed E-state index contributed by atoms with van der Waals surface area (Å²) in [6.45, 7) is 0.125. The van der Waals surface area contributed by atoms with E-state index >= 15 is 0 Å². The third-order valence-corrected chi connectivity index (χ3v) is 4.83. The molecule has 0 saturated heterocycles. The van der Waals surface area contributed by atoms with Gasteiger partial charge in [-0.2, -0.15) is 0 Å². The molecule has 6 heteroatoms. The molecule has 0 spiro atoms. The van der Waals surface area contributed by atoms with Gasteiger partial charge in [0.1, 0.15) is 5.75 Å². The predicted octanol–water partition coefficient (Wildman–Crippen LogP) is 2.95. The van der Waals surface area contributed by atoms with Crippen LogP contribution in [0.3, 0.4) is 0 Å². The van der Waals surface area contributed by atoms with Crippen LogP contribution in [0.4, 0.5) is 0 Å². The van der Waals surface area contributed by atoms with Crippen molar-refractivity contribution in [2.24, 2.45) is 0 Å². The number of methoxy groups -OCH3 is 1. The van der Waals surface area contributed by atoms with Gasteiger partial charge in [-0.05, 0) is 29.8 Å². The summed E-state index contributed by atoms with van der Waals surface area (Å²) in [7, 11) is -2.05. The van der Waals surface area contributed by atoms with Gasteiger partial charge in [-0.25, -0.2) is 13.1 Å². The Morgan fingerprint density at radius 3 is 2.29 bits per heavy atom. The number of ether oxygens (including phenoxy) is 1. The third-order valence-electron chi connectivity index (χ3n) is 2.98. The van der Waals surface area contributed by atoms with Gasteiger partial charge in [0.15, 0.2) is 0 Å². The lowest BCUT2D eigenvalue weighted by molar-refractivity contribution is 0.414. The molecular formula is C15H16ClNO3S. The van der Waals surface area contributed by atoms with E-state index in [0.717, 1.165) is 5.56 Å². The smallest absolute Gasteiger partial charge is 0.240 e. The van der Waals surface area contributed by atoms with Crippen LogP contribution >= 0.6 is 11.6 Å². The molecule has 1 unspecified atom stereocenters. The highest BCUT2D eigenvalue weighted by molar-refractivity contribution is 7.89. The standard InChI is InChI=1S/C15H16ClNO3S/c1-20-13-7-9-14(10-8-13)21(18,19)17-11-15(16)12-5-3-2-4-6-12/h2-10,15,17H,11H2,1H3. The minimum atomic E-state index is -3.58. The zero-order valence-corrected chi connectivity index (χ0v) is 13.1. The zero-order valence-electron chi connectivity index (χ0n) is 11.5. The van der Waals surface area contributed by atoms with Crippen LogP contribution in [0.5, 0.6) is 5.75 Å². The molecule has 1 N–H and O–H groups in total. The van der Waals surface area contributed by atoms with Crippen LogP contribution in [0.2, 0.25) is 0 Å². The van der Waals surface area contributed by atoms with E-state index in [1.165, 1.54) is 19.2 Å². The Kier molecular flexibility index (Phi) is 5.22. The summed E-state index contributed by atoms with van der Waals surface area (Å²) >= 11 is 6.20. The maximum Gasteiger partial charge on any atom is 0.240 e. The van der Waals surface area contributed by atoms with Crippen molar-refractivity contribution in [1.29, 1.82) is 0 Å². The van der Waals surface area contributed by atoms with Crippen LogP contribution in [0.25, 0.3) is 0 Å². The van der Waals surface area contributed by atoms with Crippen LogP contribution in [-0.4, -0.2) is 22.1 Å². The Hall–Kier alpha value is -1.56. The van der Waals surface area contributed by atoms with Crippen LogP contribution in [0, 0.1) is 0 Å². The maximum absolute atomic E-state index is 12.2. The van der Waals surface area contributed by atoms with Crippen molar-refractivity contribution in [3.63, 3.8) is 0 Å². The van der Waals surface area contributed by atoms with Gasteiger partial charge >= 0.3 is 0 Å². The summed E-state index contributed by atoms with van der Waals surface area (Å²) in [4.78, 5) is 0.181. The molecule has 112 valence electrons. The number of nitrogens with one attached hydrogen (secondary N) is 1. The van der Waals surface area contributed by atoms with Gasteiger partial charge in [0.2, 0.25) is 10.0 Å². The molecule has 2 rings (SSSR count). The topological polar surface area (TPSA) is 55.4 Å². The second-order valence-electron chi connectivity index (χ2n) is 4.41. The Morgan fingerprint density at radius 2 is 1.71 bits per heavy atom. The van der Waals surface area contributed by atoms with Crippen LogP contribution in [0.1, 0.15) is 10.9 Å². The quantitative estimate of drug-likeness (QED) is 0.831. The summed E-state index contributed by atoms with van der Waals surface area (Å²) in [6.07, 6.45) is 0. The first kappa shape index (κ1) is 15.8. The number of hydrogen-bond acceptors (Lipinski definition) is 3. The molecule has 1 atom stereocenters. The third kappa shape index (κ3) is 4.20. The molecule has 0 saturated carbocycles. The lowest BCUT2D eigenvalue weighted by Crippen LogP contribution is -2.27. The normalized spacial score (nSPS) is 12.9. The van der Waals surface area contributed by atoms with Crippen LogP contribution in [-0.2, 0) is 10.0 Å². The van der Waals surface area contributed by atoms with Crippen molar-refractivity contribution in [2.75, 3.05) is 13.7 Å². The Balaban J connectivity index is 2.04. The molecule has 0 aromatic heterocycles. The monoisotopic (exact) mass is 325 g/mol. The van der Waals surface area contributed by atoms with Gasteiger partial charge in [0.05, 0.1) is 17.4 Å². The molecule has 0 aliphatic rings. The van der Waals surface area contributed by atoms with E-state index in [0.29, 0.717) is 5.75 Å². The van der Waals surface area contributed by atoms with Gasteiger partial charge in [-0.15, -0.1) is 11.6 Å². The maximum atomic E-state index is 12.2. The number of benzene rings is 2. The number of halogens is 1. The van der Waals surface area contributed by atoms with Gasteiger partial charge in [0, 0.05) is 6.54 Å². The van der Waals surface area contributed by atoms with Gasteiger partial charge in [0.25, 0.3) is 0 Å². The molecule has 0 bridgehead atoms. The molecule has 2 aromatic carbocycles. The van der Waals surface area contributed by atoms with Crippen molar-refractivity contribution >= 4 is 21.6 Å². The molecule has 0 heterocycles. The van der Waals surface area contributed by atoms with E-state index in [4.69, 9.17) is 16.3 Å². The summed E-state index contributed by atoms with van der Waals surface area (Å²) in [6, 6.07) is 15.5. The zero-order chi connectivity index (χ0) is 15.3. The van der Waals surface area contributed by atoms with E-state index < -0.39 is 15.4 Å². The summed E-state index contributed by atoms with van der Waals surface area (Å²) in [5.41, 5.74) is 0.872. The lowest BCUT2D eigenvalue weighted by Gasteiger charge is -2.12. The van der Waals surface area contributed by atoms with E-state index in [2.05, 4.69) is 4.72 Å². The van der Waals surface area contributed by atoms with Crippen molar-refractivity contribution in [1.82, 2.24) is 4.72 Å². The second kappa shape index (κ2) is 6.93. The molecule has 0 aliphatic heterocycles. The van der Waals surface area contributed by atoms with Gasteiger partial charge in [-0.3, -0.25) is 0 Å². The molecule has 4 nitrogen and oxygen atoms in total. The van der Waals surface area contributed by atoms with Gasteiger partial charge < -0.3 is 4.74 Å². The number of hydrogen-bond donors (Lipinski definition) is 1. The Bertz CT molecular complexity index is 672. The first-order chi connectivity index (χ1) is 10.0. The van der Waals surface area contributed by atoms with Crippen molar-refractivity contribution in [2.45, 2.75) is 10.3 Å². The highest BCUT2D eigenvalue weighted by atomic mass is 35.5. The largest absolute Gasteiger partial charge is 0.497 e. The highest BCUT2D eigenvalue weighted by Gasteiger charge is 2.16. The number of sulfonamides is 1. The Labute approximate surface area is 129 Å². The summed E-state index contributed by atoms with van der Waals surface area (Å²) in [5.74, 6) is 0.605. The summed E-state index contributed by atoms with van der Waals surface area (Å²) < 4.78 is 31.8. The van der Waals surface area contributed by atoms with Crippen LogP contribution < -0.4 is 9.46 Å². The highest BCUT2D eigenvalue weighted by Crippen LogP contribution is 2.20. The molecule has 2 aromatic rings. The first-order valence-corrected chi connectivity index (χ1v) is 8.27. The molecule has 0 radical (unpaired) electrons. The van der Waals surface area contributed by atoms with E-state index in [9.17, 15) is 8.42 Å². The van der Waals surface area contributed by atoms with Gasteiger partial charge in [-0.1, -0.05) is 30.3 Å². The molecule has 21 heavy (non-hydrogen) atoms. The second-order valence-corrected chi connectivity index (χ2v) is 6.70. The minimum Gasteiger partial charge on any atom is -0.497 e. The fraction of sp³-hybridized carbons (Fsp3) is 0.200. The molecule has 0 amide bonds. The van der Waals surface area contributed by atoms with E-state index in [1.807, 2.05) is 30.3 Å². The minimum absolute atomic E-state index is 0.125. The fourth-order valence-electron chi connectivity index (χ4n) is 1.80. The SMILES string of the molecule is COc1ccc(S(=O)(=O)NCC(Cl)c2ccccc2)cc1. The molecule has 0 fully saturated rings. The fourth-order valence-corrected chi connectivity index (χ4v) is 3.16. The predicted molar refractivity (Wildman–Crippen MR) is 83.2 cm³/mol. The summed E-state index contributed by atoms with van der Waals surface area (Å²) in [5, 5.41) is -0.417. The van der Waals surface area contributed by atoms with E-state index in [1.54, 1.807) is 12.1 Å². The molecule has 0 aliphatic carbocycles. The van der Waals surface area contributed by atoms with Crippen LogP contribution in [0.15, 0.2) is 59.5 Å². The van der Waals surface area contributed by atoms with Crippen molar-refractivity contribution in [3.05, 3.63) is 60.2 Å². The Morgan fingerprint density at radius 1 is 1.10 bits per heavy atom. The lowest BCUT2D eigenvalue weighted by atomic mass is 10.1. The van der Waals surface area contributed by atoms with Crippen molar-refractivity contribution in [3.8, 4) is 5.75 Å². The average molecular weight is 326 g/mol. The average Bonchev–Trinajstić information content (AvgIpc) is 2.53. The number of alkyl halides is 1.